The molecule has 7 nitrogen and oxygen atoms in total. The Kier molecular flexibility index (Phi) is 4.45. The molecule has 2 N–H and O–H groups in total. The van der Waals surface area contributed by atoms with Crippen LogP contribution in [0, 0.1) is 10.1 Å². The fourth-order valence-corrected chi connectivity index (χ4v) is 1.78. The van der Waals surface area contributed by atoms with Gasteiger partial charge in [-0.3, -0.25) is 14.9 Å². The van der Waals surface area contributed by atoms with Crippen molar-refractivity contribution in [2.45, 2.75) is 6.54 Å². The number of nitrogens with zero attached hydrogens (tertiary/aromatic N) is 2. The van der Waals surface area contributed by atoms with Crippen LogP contribution in [0.2, 0.25) is 0 Å². The maximum atomic E-state index is 11.9. The fourth-order valence-electron chi connectivity index (χ4n) is 1.78. The average Bonchev–Trinajstić information content (AvgIpc) is 2.52. The van der Waals surface area contributed by atoms with Gasteiger partial charge in [0.1, 0.15) is 5.69 Å². The Hall–Kier alpha value is -2.96. The molecule has 1 amide bonds. The number of benzene rings is 1. The minimum absolute atomic E-state index is 0.0173. The second kappa shape index (κ2) is 6.47. The third-order valence-electron chi connectivity index (χ3n) is 2.91. The number of pyridine rings is 1. The zero-order valence-electron chi connectivity index (χ0n) is 11.4. The number of amides is 1. The molecule has 0 saturated carbocycles. The Labute approximate surface area is 121 Å². The number of hydrogen-bond acceptors (Lipinski definition) is 5. The first kappa shape index (κ1) is 14.4. The highest BCUT2D eigenvalue weighted by atomic mass is 16.6. The summed E-state index contributed by atoms with van der Waals surface area (Å²) >= 11 is 0. The summed E-state index contributed by atoms with van der Waals surface area (Å²) in [6, 6.07) is 9.60. The lowest BCUT2D eigenvalue weighted by Crippen LogP contribution is -2.24. The second-order valence-corrected chi connectivity index (χ2v) is 4.25. The Morgan fingerprint density at radius 3 is 2.67 bits per heavy atom. The molecular weight excluding hydrogens is 272 g/mol. The largest absolute Gasteiger partial charge is 0.387 e. The van der Waals surface area contributed by atoms with Crippen LogP contribution in [0.5, 0.6) is 0 Å². The number of hydrogen-bond donors (Lipinski definition) is 2. The van der Waals surface area contributed by atoms with Crippen LogP contribution in [0.4, 0.5) is 11.4 Å². The molecule has 2 aromatic rings. The van der Waals surface area contributed by atoms with Gasteiger partial charge >= 0.3 is 0 Å². The summed E-state index contributed by atoms with van der Waals surface area (Å²) < 4.78 is 0. The number of carbonyl (C=O) groups is 1. The summed E-state index contributed by atoms with van der Waals surface area (Å²) in [6.45, 7) is 0.0748. The number of para-hydroxylation sites is 1. The monoisotopic (exact) mass is 286 g/mol. The molecule has 0 aliphatic rings. The smallest absolute Gasteiger partial charge is 0.274 e. The molecule has 2 rings (SSSR count). The summed E-state index contributed by atoms with van der Waals surface area (Å²) in [5, 5.41) is 16.4. The Morgan fingerprint density at radius 2 is 2.05 bits per heavy atom. The van der Waals surface area contributed by atoms with E-state index in [0.29, 0.717) is 5.56 Å². The first-order valence-electron chi connectivity index (χ1n) is 6.26. The van der Waals surface area contributed by atoms with Gasteiger partial charge < -0.3 is 10.6 Å². The van der Waals surface area contributed by atoms with Crippen molar-refractivity contribution in [3.8, 4) is 0 Å². The quantitative estimate of drug-likeness (QED) is 0.647. The molecule has 1 heterocycles. The van der Waals surface area contributed by atoms with Gasteiger partial charge in [0, 0.05) is 25.2 Å². The zero-order chi connectivity index (χ0) is 15.2. The summed E-state index contributed by atoms with van der Waals surface area (Å²) in [6.07, 6.45) is 1.54. The summed E-state index contributed by atoms with van der Waals surface area (Å²) in [4.78, 5) is 26.4. The lowest BCUT2D eigenvalue weighted by atomic mass is 10.2. The standard InChI is InChI=1S/C14H14N4O3/c1-15-11-6-7-12(16-9-11)14(19)17-8-10-4-2-3-5-13(10)18(20)21/h2-7,9,15H,8H2,1H3,(H,17,19). The van der Waals surface area contributed by atoms with Gasteiger partial charge in [-0.05, 0) is 12.1 Å². The zero-order valence-corrected chi connectivity index (χ0v) is 11.4. The van der Waals surface area contributed by atoms with Crippen molar-refractivity contribution in [2.24, 2.45) is 0 Å². The number of anilines is 1. The van der Waals surface area contributed by atoms with Crippen molar-refractivity contribution in [2.75, 3.05) is 12.4 Å². The minimum atomic E-state index is -0.471. The summed E-state index contributed by atoms with van der Waals surface area (Å²) in [7, 11) is 1.76. The van der Waals surface area contributed by atoms with E-state index in [-0.39, 0.29) is 23.8 Å². The normalized spacial score (nSPS) is 9.95. The Bertz CT molecular complexity index is 656. The van der Waals surface area contributed by atoms with Crippen LogP contribution in [0.25, 0.3) is 0 Å². The van der Waals surface area contributed by atoms with E-state index in [0.717, 1.165) is 5.69 Å². The van der Waals surface area contributed by atoms with Gasteiger partial charge in [0.25, 0.3) is 11.6 Å². The molecule has 1 aromatic heterocycles. The van der Waals surface area contributed by atoms with Gasteiger partial charge in [-0.2, -0.15) is 0 Å². The molecule has 0 aliphatic heterocycles. The molecule has 0 aliphatic carbocycles. The number of nitrogens with one attached hydrogen (secondary N) is 2. The first-order valence-corrected chi connectivity index (χ1v) is 6.26. The highest BCUT2D eigenvalue weighted by molar-refractivity contribution is 5.92. The Balaban J connectivity index is 2.05. The molecule has 1 aromatic carbocycles. The van der Waals surface area contributed by atoms with Crippen LogP contribution in [-0.4, -0.2) is 22.9 Å². The molecule has 108 valence electrons. The van der Waals surface area contributed by atoms with Crippen molar-refractivity contribution >= 4 is 17.3 Å². The molecule has 0 bridgehead atoms. The first-order chi connectivity index (χ1) is 10.1. The van der Waals surface area contributed by atoms with Crippen molar-refractivity contribution < 1.29 is 9.72 Å². The average molecular weight is 286 g/mol. The number of nitro benzene ring substituents is 1. The van der Waals surface area contributed by atoms with Crippen molar-refractivity contribution in [3.05, 3.63) is 64.0 Å². The molecule has 0 saturated heterocycles. The summed E-state index contributed by atoms with van der Waals surface area (Å²) in [5.41, 5.74) is 1.48. The van der Waals surface area contributed by atoms with Gasteiger partial charge in [0.15, 0.2) is 0 Å². The van der Waals surface area contributed by atoms with Gasteiger partial charge in [-0.1, -0.05) is 18.2 Å². The van der Waals surface area contributed by atoms with E-state index in [1.54, 1.807) is 43.6 Å². The second-order valence-electron chi connectivity index (χ2n) is 4.25. The van der Waals surface area contributed by atoms with Gasteiger partial charge in [0.05, 0.1) is 16.8 Å². The van der Waals surface area contributed by atoms with Crippen LogP contribution in [0.15, 0.2) is 42.6 Å². The van der Waals surface area contributed by atoms with Gasteiger partial charge in [-0.25, -0.2) is 4.98 Å². The topological polar surface area (TPSA) is 97.2 Å². The van der Waals surface area contributed by atoms with Crippen LogP contribution < -0.4 is 10.6 Å². The molecule has 0 fully saturated rings. The Morgan fingerprint density at radius 1 is 1.29 bits per heavy atom. The van der Waals surface area contributed by atoms with E-state index in [4.69, 9.17) is 0 Å². The van der Waals surface area contributed by atoms with Crippen molar-refractivity contribution in [1.29, 1.82) is 0 Å². The van der Waals surface area contributed by atoms with Crippen LogP contribution in [0.1, 0.15) is 16.1 Å². The van der Waals surface area contributed by atoms with Gasteiger partial charge in [0.2, 0.25) is 0 Å². The van der Waals surface area contributed by atoms with E-state index in [1.807, 2.05) is 0 Å². The third kappa shape index (κ3) is 3.53. The molecule has 0 spiro atoms. The highest BCUT2D eigenvalue weighted by Gasteiger charge is 2.14. The number of carbonyl (C=O) groups excluding carboxylic acids is 1. The van der Waals surface area contributed by atoms with Crippen LogP contribution in [0.3, 0.4) is 0 Å². The minimum Gasteiger partial charge on any atom is -0.387 e. The molecule has 0 radical (unpaired) electrons. The number of nitro groups is 1. The lowest BCUT2D eigenvalue weighted by Gasteiger charge is -2.06. The maximum Gasteiger partial charge on any atom is 0.274 e. The number of rotatable bonds is 5. The fraction of sp³-hybridized carbons (Fsp3) is 0.143. The third-order valence-corrected chi connectivity index (χ3v) is 2.91. The van der Waals surface area contributed by atoms with E-state index < -0.39 is 4.92 Å². The van der Waals surface area contributed by atoms with Crippen LogP contribution in [-0.2, 0) is 6.54 Å². The van der Waals surface area contributed by atoms with Crippen LogP contribution >= 0.6 is 0 Å². The van der Waals surface area contributed by atoms with Crippen molar-refractivity contribution in [1.82, 2.24) is 10.3 Å². The predicted molar refractivity (Wildman–Crippen MR) is 78.1 cm³/mol. The number of aromatic nitrogens is 1. The molecule has 0 unspecified atom stereocenters. The molecule has 7 heteroatoms. The van der Waals surface area contributed by atoms with Crippen molar-refractivity contribution in [3.63, 3.8) is 0 Å². The molecule has 0 atom stereocenters. The molecule has 21 heavy (non-hydrogen) atoms. The van der Waals surface area contributed by atoms with Gasteiger partial charge in [-0.15, -0.1) is 0 Å². The van der Waals surface area contributed by atoms with E-state index in [9.17, 15) is 14.9 Å². The van der Waals surface area contributed by atoms with E-state index >= 15 is 0 Å². The SMILES string of the molecule is CNc1ccc(C(=O)NCc2ccccc2[N+](=O)[O-])nc1. The predicted octanol–water partition coefficient (Wildman–Crippen LogP) is 1.96. The van der Waals surface area contributed by atoms with E-state index in [2.05, 4.69) is 15.6 Å². The highest BCUT2D eigenvalue weighted by Crippen LogP contribution is 2.17. The maximum absolute atomic E-state index is 11.9. The van der Waals surface area contributed by atoms with E-state index in [1.165, 1.54) is 6.07 Å². The summed E-state index contributed by atoms with van der Waals surface area (Å²) in [5.74, 6) is -0.379. The lowest BCUT2D eigenvalue weighted by molar-refractivity contribution is -0.385. The molecular formula is C14H14N4O3.